The number of pyridine rings is 1. The predicted octanol–water partition coefficient (Wildman–Crippen LogP) is 1.38. The van der Waals surface area contributed by atoms with Gasteiger partial charge in [0, 0.05) is 29.9 Å². The van der Waals surface area contributed by atoms with Crippen LogP contribution in [0.4, 0.5) is 5.82 Å². The number of ether oxygens (including phenoxy) is 1. The number of methoxy groups -OCH3 is 1. The Morgan fingerprint density at radius 2 is 2.04 bits per heavy atom. The molecule has 9 heteroatoms. The summed E-state index contributed by atoms with van der Waals surface area (Å²) in [6.45, 7) is 0. The Labute approximate surface area is 162 Å². The van der Waals surface area contributed by atoms with Gasteiger partial charge in [-0.15, -0.1) is 0 Å². The summed E-state index contributed by atoms with van der Waals surface area (Å²) in [6.07, 6.45) is 6.58. The molecule has 3 aromatic heterocycles. The molecular weight excluding hydrogens is 358 g/mol. The number of hydrogen-bond acceptors (Lipinski definition) is 7. The number of carbonyl (C=O) groups is 1. The third kappa shape index (κ3) is 3.36. The molecule has 146 valence electrons. The van der Waals surface area contributed by atoms with Gasteiger partial charge in [-0.3, -0.25) is 4.79 Å². The highest BCUT2D eigenvalue weighted by Crippen LogP contribution is 2.29. The van der Waals surface area contributed by atoms with E-state index in [-0.39, 0.29) is 23.8 Å². The summed E-state index contributed by atoms with van der Waals surface area (Å²) >= 11 is 0. The van der Waals surface area contributed by atoms with Crippen LogP contribution >= 0.6 is 0 Å². The van der Waals surface area contributed by atoms with Crippen molar-refractivity contribution in [2.75, 3.05) is 12.8 Å². The van der Waals surface area contributed by atoms with Gasteiger partial charge in [0.25, 0.3) is 5.91 Å². The second-order valence-electron chi connectivity index (χ2n) is 7.02. The molecule has 0 atom stereocenters. The number of hydrogen-bond donors (Lipinski definition) is 3. The summed E-state index contributed by atoms with van der Waals surface area (Å²) in [5.74, 6) is 0.531. The van der Waals surface area contributed by atoms with Gasteiger partial charge in [0.1, 0.15) is 11.8 Å². The minimum absolute atomic E-state index is 0.109. The van der Waals surface area contributed by atoms with Gasteiger partial charge in [-0.1, -0.05) is 0 Å². The number of carbonyl (C=O) groups excluding carboxylic acids is 1. The van der Waals surface area contributed by atoms with Gasteiger partial charge in [-0.05, 0) is 37.8 Å². The van der Waals surface area contributed by atoms with Crippen molar-refractivity contribution in [3.05, 3.63) is 36.3 Å². The molecule has 5 N–H and O–H groups in total. The zero-order chi connectivity index (χ0) is 19.7. The van der Waals surface area contributed by atoms with Crippen LogP contribution in [0.1, 0.15) is 36.0 Å². The highest BCUT2D eigenvalue weighted by atomic mass is 16.5. The number of anilines is 1. The van der Waals surface area contributed by atoms with E-state index in [0.717, 1.165) is 31.2 Å². The highest BCUT2D eigenvalue weighted by Gasteiger charge is 2.24. The first kappa shape index (κ1) is 18.2. The van der Waals surface area contributed by atoms with Crippen molar-refractivity contribution in [2.45, 2.75) is 37.8 Å². The first-order valence-corrected chi connectivity index (χ1v) is 9.26. The highest BCUT2D eigenvalue weighted by molar-refractivity contribution is 6.05. The van der Waals surface area contributed by atoms with Crippen molar-refractivity contribution in [1.29, 1.82) is 0 Å². The Morgan fingerprint density at radius 1 is 1.25 bits per heavy atom. The van der Waals surface area contributed by atoms with Crippen LogP contribution in [0.3, 0.4) is 0 Å². The lowest BCUT2D eigenvalue weighted by atomic mass is 9.91. The number of nitrogens with one attached hydrogen (secondary N) is 1. The Morgan fingerprint density at radius 3 is 2.79 bits per heavy atom. The summed E-state index contributed by atoms with van der Waals surface area (Å²) in [6, 6.07) is 5.72. The zero-order valence-electron chi connectivity index (χ0n) is 15.6. The van der Waals surface area contributed by atoms with Crippen LogP contribution in [0, 0.1) is 0 Å². The smallest absolute Gasteiger partial charge is 0.253 e. The maximum atomic E-state index is 13.0. The topological polar surface area (TPSA) is 133 Å². The maximum Gasteiger partial charge on any atom is 0.253 e. The summed E-state index contributed by atoms with van der Waals surface area (Å²) in [7, 11) is 1.55. The Hall–Kier alpha value is -3.20. The van der Waals surface area contributed by atoms with E-state index in [1.54, 1.807) is 30.0 Å². The lowest BCUT2D eigenvalue weighted by molar-refractivity contribution is 0.0927. The van der Waals surface area contributed by atoms with Crippen LogP contribution in [-0.4, -0.2) is 44.7 Å². The molecule has 9 nitrogen and oxygen atoms in total. The molecule has 0 radical (unpaired) electrons. The minimum Gasteiger partial charge on any atom is -0.481 e. The molecule has 0 saturated heterocycles. The van der Waals surface area contributed by atoms with Gasteiger partial charge in [0.05, 0.1) is 18.4 Å². The van der Waals surface area contributed by atoms with Crippen LogP contribution in [-0.2, 0) is 0 Å². The molecule has 1 aliphatic carbocycles. The van der Waals surface area contributed by atoms with E-state index in [2.05, 4.69) is 20.4 Å². The average Bonchev–Trinajstić information content (AvgIpc) is 3.11. The fourth-order valence-electron chi connectivity index (χ4n) is 3.65. The average molecular weight is 381 g/mol. The number of nitrogen functional groups attached to an aromatic ring is 1. The minimum atomic E-state index is -0.188. The van der Waals surface area contributed by atoms with E-state index in [1.807, 2.05) is 6.07 Å². The molecule has 3 aromatic rings. The fourth-order valence-corrected chi connectivity index (χ4v) is 3.65. The Bertz CT molecular complexity index is 1010. The quantitative estimate of drug-likeness (QED) is 0.621. The van der Waals surface area contributed by atoms with Gasteiger partial charge in [-0.2, -0.15) is 5.10 Å². The number of rotatable bonds is 4. The van der Waals surface area contributed by atoms with Crippen molar-refractivity contribution in [3.8, 4) is 17.1 Å². The second kappa shape index (κ2) is 7.43. The first-order chi connectivity index (χ1) is 13.6. The van der Waals surface area contributed by atoms with Crippen molar-refractivity contribution in [1.82, 2.24) is 24.9 Å². The molecule has 28 heavy (non-hydrogen) atoms. The largest absolute Gasteiger partial charge is 0.481 e. The molecule has 0 spiro atoms. The number of fused-ring (bicyclic) bond motifs is 1. The lowest BCUT2D eigenvalue weighted by Gasteiger charge is -2.26. The number of aromatic nitrogens is 4. The molecule has 4 rings (SSSR count). The summed E-state index contributed by atoms with van der Waals surface area (Å²) < 4.78 is 6.84. The molecule has 1 amide bonds. The normalized spacial score (nSPS) is 19.5. The van der Waals surface area contributed by atoms with E-state index in [0.29, 0.717) is 22.7 Å². The molecule has 1 fully saturated rings. The third-order valence-electron chi connectivity index (χ3n) is 5.17. The molecule has 1 saturated carbocycles. The van der Waals surface area contributed by atoms with Gasteiger partial charge in [0.2, 0.25) is 5.88 Å². The van der Waals surface area contributed by atoms with E-state index >= 15 is 0 Å². The number of nitrogens with zero attached hydrogens (tertiary/aromatic N) is 4. The predicted molar refractivity (Wildman–Crippen MR) is 105 cm³/mol. The van der Waals surface area contributed by atoms with E-state index in [1.165, 1.54) is 6.33 Å². The zero-order valence-corrected chi connectivity index (χ0v) is 15.6. The molecule has 1 aliphatic rings. The van der Waals surface area contributed by atoms with Crippen LogP contribution < -0.4 is 21.5 Å². The number of nitrogens with two attached hydrogens (primary N) is 2. The molecular formula is C19H23N7O2. The molecule has 0 aliphatic heterocycles. The second-order valence-corrected chi connectivity index (χ2v) is 7.02. The summed E-state index contributed by atoms with van der Waals surface area (Å²) in [5, 5.41) is 7.41. The van der Waals surface area contributed by atoms with Crippen LogP contribution in [0.25, 0.3) is 16.8 Å². The van der Waals surface area contributed by atoms with E-state index in [4.69, 9.17) is 16.2 Å². The van der Waals surface area contributed by atoms with Crippen LogP contribution in [0.2, 0.25) is 0 Å². The van der Waals surface area contributed by atoms with Gasteiger partial charge in [-0.25, -0.2) is 14.5 Å². The summed E-state index contributed by atoms with van der Waals surface area (Å²) in [4.78, 5) is 21.2. The summed E-state index contributed by atoms with van der Waals surface area (Å²) in [5.41, 5.74) is 14.5. The molecule has 0 aromatic carbocycles. The Balaban J connectivity index is 1.73. The van der Waals surface area contributed by atoms with E-state index in [9.17, 15) is 4.79 Å². The van der Waals surface area contributed by atoms with Crippen molar-refractivity contribution in [3.63, 3.8) is 0 Å². The maximum absolute atomic E-state index is 13.0. The van der Waals surface area contributed by atoms with Crippen LogP contribution in [0.5, 0.6) is 5.88 Å². The lowest BCUT2D eigenvalue weighted by Crippen LogP contribution is -2.40. The molecule has 0 unspecified atom stereocenters. The van der Waals surface area contributed by atoms with Gasteiger partial charge in [0.15, 0.2) is 5.82 Å². The van der Waals surface area contributed by atoms with Crippen molar-refractivity contribution >= 4 is 17.2 Å². The van der Waals surface area contributed by atoms with Gasteiger partial charge >= 0.3 is 0 Å². The van der Waals surface area contributed by atoms with Crippen LogP contribution in [0.15, 0.2) is 30.7 Å². The first-order valence-electron chi connectivity index (χ1n) is 9.26. The Kier molecular flexibility index (Phi) is 4.82. The SMILES string of the molecule is COc1cc(-c2cc(C(=O)N[C@H]3CC[C@H](N)CC3)c3c(N)ncnn23)ccn1. The van der Waals surface area contributed by atoms with Crippen molar-refractivity contribution < 1.29 is 9.53 Å². The molecule has 3 heterocycles. The number of amides is 1. The third-order valence-corrected chi connectivity index (χ3v) is 5.17. The van der Waals surface area contributed by atoms with Gasteiger partial charge < -0.3 is 21.5 Å². The van der Waals surface area contributed by atoms with Crippen molar-refractivity contribution in [2.24, 2.45) is 5.73 Å². The monoisotopic (exact) mass is 381 g/mol. The fraction of sp³-hybridized carbons (Fsp3) is 0.368. The standard InChI is InChI=1S/C19H23N7O2/c1-28-16-8-11(6-7-22-16)15-9-14(17-18(21)23-10-24-26(15)17)19(27)25-13-4-2-12(20)3-5-13/h6-10,12-13H,2-5,20H2,1H3,(H,25,27)(H2,21,23,24)/t12-,13-. The molecule has 0 bridgehead atoms. The van der Waals surface area contributed by atoms with E-state index < -0.39 is 0 Å².